The van der Waals surface area contributed by atoms with E-state index in [1.807, 2.05) is 0 Å². The zero-order valence-corrected chi connectivity index (χ0v) is 11.6. The summed E-state index contributed by atoms with van der Waals surface area (Å²) in [6, 6.07) is 2.10. The van der Waals surface area contributed by atoms with Gasteiger partial charge in [-0.2, -0.15) is 0 Å². The van der Waals surface area contributed by atoms with Crippen molar-refractivity contribution in [3.8, 4) is 0 Å². The molecule has 1 heterocycles. The van der Waals surface area contributed by atoms with Crippen molar-refractivity contribution in [1.82, 2.24) is 10.2 Å². The van der Waals surface area contributed by atoms with Crippen LogP contribution in [0, 0.1) is 11.6 Å². The number of nitrogens with zero attached hydrogens (tertiary/aromatic N) is 1. The molecule has 0 unspecified atom stereocenters. The Hall–Kier alpha value is -2.02. The molecule has 114 valence electrons. The van der Waals surface area contributed by atoms with Crippen LogP contribution in [0.3, 0.4) is 0 Å². The fourth-order valence-corrected chi connectivity index (χ4v) is 2.04. The van der Waals surface area contributed by atoms with Crippen molar-refractivity contribution in [1.29, 1.82) is 0 Å². The molecule has 1 aromatic rings. The van der Waals surface area contributed by atoms with Gasteiger partial charge in [0.25, 0.3) is 5.91 Å². The van der Waals surface area contributed by atoms with Crippen LogP contribution in [-0.4, -0.2) is 49.1 Å². The quantitative estimate of drug-likeness (QED) is 0.903. The largest absolute Gasteiger partial charge is 0.378 e. The van der Waals surface area contributed by atoms with Gasteiger partial charge in [0.2, 0.25) is 5.91 Å². The van der Waals surface area contributed by atoms with Gasteiger partial charge in [0.15, 0.2) is 11.6 Å². The molecule has 1 fully saturated rings. The maximum Gasteiger partial charge on any atom is 0.252 e. The summed E-state index contributed by atoms with van der Waals surface area (Å²) in [6.07, 6.45) is 0. The molecule has 1 aliphatic heterocycles. The van der Waals surface area contributed by atoms with Crippen LogP contribution in [0.25, 0.3) is 0 Å². The van der Waals surface area contributed by atoms with E-state index in [0.29, 0.717) is 26.3 Å². The summed E-state index contributed by atoms with van der Waals surface area (Å²) in [5, 5.41) is 2.48. The lowest BCUT2D eigenvalue weighted by molar-refractivity contribution is -0.136. The Balaban J connectivity index is 1.97. The van der Waals surface area contributed by atoms with Crippen molar-refractivity contribution in [3.63, 3.8) is 0 Å². The molecule has 1 atom stereocenters. The second kappa shape index (κ2) is 6.62. The lowest BCUT2D eigenvalue weighted by Crippen LogP contribution is -2.50. The molecule has 1 saturated heterocycles. The first kappa shape index (κ1) is 15.4. The third-order valence-corrected chi connectivity index (χ3v) is 3.22. The summed E-state index contributed by atoms with van der Waals surface area (Å²) in [7, 11) is 0. The number of nitrogens with one attached hydrogen (secondary N) is 1. The molecule has 21 heavy (non-hydrogen) atoms. The van der Waals surface area contributed by atoms with Crippen molar-refractivity contribution in [2.24, 2.45) is 0 Å². The molecule has 7 heteroatoms. The van der Waals surface area contributed by atoms with Crippen LogP contribution in [0.5, 0.6) is 0 Å². The fraction of sp³-hybridized carbons (Fsp3) is 0.429. The standard InChI is InChI=1S/C14H16F2N2O3/c1-9(14(20)18-4-6-21-7-5-18)17-13(19)10-2-3-11(15)12(16)8-10/h2-3,8-9H,4-7H2,1H3,(H,17,19)/t9-/m1/s1. The average molecular weight is 298 g/mol. The van der Waals surface area contributed by atoms with E-state index in [0.717, 1.165) is 12.1 Å². The van der Waals surface area contributed by atoms with Crippen LogP contribution in [0.4, 0.5) is 8.78 Å². The predicted octanol–water partition coefficient (Wildman–Crippen LogP) is 0.942. The first-order valence-corrected chi connectivity index (χ1v) is 6.61. The van der Waals surface area contributed by atoms with Crippen LogP contribution < -0.4 is 5.32 Å². The minimum absolute atomic E-state index is 0.0319. The van der Waals surface area contributed by atoms with Gasteiger partial charge in [-0.05, 0) is 25.1 Å². The molecule has 1 N–H and O–H groups in total. The lowest BCUT2D eigenvalue weighted by atomic mass is 10.2. The molecular formula is C14H16F2N2O3. The molecule has 0 bridgehead atoms. The number of amides is 2. The minimum Gasteiger partial charge on any atom is -0.378 e. The average Bonchev–Trinajstić information content (AvgIpc) is 2.50. The summed E-state index contributed by atoms with van der Waals surface area (Å²) in [5.41, 5.74) is -0.0319. The van der Waals surface area contributed by atoms with Gasteiger partial charge in [0.1, 0.15) is 6.04 Å². The van der Waals surface area contributed by atoms with E-state index in [-0.39, 0.29) is 11.5 Å². The van der Waals surface area contributed by atoms with Gasteiger partial charge in [-0.25, -0.2) is 8.78 Å². The summed E-state index contributed by atoms with van der Waals surface area (Å²) in [4.78, 5) is 25.6. The molecule has 1 aromatic carbocycles. The predicted molar refractivity (Wildman–Crippen MR) is 70.7 cm³/mol. The van der Waals surface area contributed by atoms with Crippen molar-refractivity contribution in [2.45, 2.75) is 13.0 Å². The normalized spacial score (nSPS) is 16.4. The van der Waals surface area contributed by atoms with Crippen molar-refractivity contribution in [2.75, 3.05) is 26.3 Å². The van der Waals surface area contributed by atoms with Crippen LogP contribution >= 0.6 is 0 Å². The Morgan fingerprint density at radius 1 is 1.24 bits per heavy atom. The van der Waals surface area contributed by atoms with E-state index >= 15 is 0 Å². The third kappa shape index (κ3) is 3.75. The van der Waals surface area contributed by atoms with Gasteiger partial charge in [-0.3, -0.25) is 9.59 Å². The highest BCUT2D eigenvalue weighted by Gasteiger charge is 2.24. The molecule has 5 nitrogen and oxygen atoms in total. The summed E-state index contributed by atoms with van der Waals surface area (Å²) in [5.74, 6) is -2.98. The van der Waals surface area contributed by atoms with E-state index in [9.17, 15) is 18.4 Å². The number of carbonyl (C=O) groups excluding carboxylic acids is 2. The SMILES string of the molecule is C[C@@H](NC(=O)c1ccc(F)c(F)c1)C(=O)N1CCOCC1. The molecular weight excluding hydrogens is 282 g/mol. The molecule has 2 rings (SSSR count). The van der Waals surface area contributed by atoms with Gasteiger partial charge in [-0.1, -0.05) is 0 Å². The fourth-order valence-electron chi connectivity index (χ4n) is 2.04. The minimum atomic E-state index is -1.10. The number of benzene rings is 1. The smallest absolute Gasteiger partial charge is 0.252 e. The Morgan fingerprint density at radius 2 is 1.90 bits per heavy atom. The first-order chi connectivity index (χ1) is 9.99. The molecule has 0 aromatic heterocycles. The molecule has 0 radical (unpaired) electrons. The zero-order valence-electron chi connectivity index (χ0n) is 11.6. The van der Waals surface area contributed by atoms with Gasteiger partial charge in [-0.15, -0.1) is 0 Å². The molecule has 0 spiro atoms. The van der Waals surface area contributed by atoms with Gasteiger partial charge in [0.05, 0.1) is 13.2 Å². The first-order valence-electron chi connectivity index (χ1n) is 6.61. The third-order valence-electron chi connectivity index (χ3n) is 3.22. The van der Waals surface area contributed by atoms with Crippen LogP contribution in [0.2, 0.25) is 0 Å². The summed E-state index contributed by atoms with van der Waals surface area (Å²) in [6.45, 7) is 3.44. The number of carbonyl (C=O) groups is 2. The molecule has 2 amide bonds. The second-order valence-electron chi connectivity index (χ2n) is 4.76. The van der Waals surface area contributed by atoms with Gasteiger partial charge >= 0.3 is 0 Å². The van der Waals surface area contributed by atoms with E-state index in [1.165, 1.54) is 6.07 Å². The van der Waals surface area contributed by atoms with Crippen LogP contribution in [-0.2, 0) is 9.53 Å². The second-order valence-corrected chi connectivity index (χ2v) is 4.76. The highest BCUT2D eigenvalue weighted by atomic mass is 19.2. The number of morpholine rings is 1. The van der Waals surface area contributed by atoms with E-state index < -0.39 is 23.6 Å². The number of rotatable bonds is 3. The number of halogens is 2. The van der Waals surface area contributed by atoms with E-state index in [2.05, 4.69) is 5.32 Å². The molecule has 0 aliphatic carbocycles. The van der Waals surface area contributed by atoms with E-state index in [4.69, 9.17) is 4.74 Å². The monoisotopic (exact) mass is 298 g/mol. The highest BCUT2D eigenvalue weighted by molar-refractivity contribution is 5.97. The zero-order chi connectivity index (χ0) is 15.4. The van der Waals surface area contributed by atoms with Crippen LogP contribution in [0.15, 0.2) is 18.2 Å². The maximum absolute atomic E-state index is 13.1. The Kier molecular flexibility index (Phi) is 4.85. The highest BCUT2D eigenvalue weighted by Crippen LogP contribution is 2.09. The Bertz CT molecular complexity index is 545. The van der Waals surface area contributed by atoms with E-state index in [1.54, 1.807) is 11.8 Å². The van der Waals surface area contributed by atoms with Gasteiger partial charge in [0, 0.05) is 18.7 Å². The molecule has 1 aliphatic rings. The van der Waals surface area contributed by atoms with Crippen molar-refractivity contribution in [3.05, 3.63) is 35.4 Å². The number of ether oxygens (including phenoxy) is 1. The van der Waals surface area contributed by atoms with Gasteiger partial charge < -0.3 is 15.0 Å². The van der Waals surface area contributed by atoms with Crippen molar-refractivity contribution >= 4 is 11.8 Å². The Morgan fingerprint density at radius 3 is 2.52 bits per heavy atom. The summed E-state index contributed by atoms with van der Waals surface area (Å²) < 4.78 is 31.0. The number of hydrogen-bond donors (Lipinski definition) is 1. The summed E-state index contributed by atoms with van der Waals surface area (Å²) >= 11 is 0. The maximum atomic E-state index is 13.1. The lowest BCUT2D eigenvalue weighted by Gasteiger charge is -2.29. The topological polar surface area (TPSA) is 58.6 Å². The molecule has 0 saturated carbocycles. The Labute approximate surface area is 120 Å². The van der Waals surface area contributed by atoms with Crippen molar-refractivity contribution < 1.29 is 23.1 Å². The number of hydrogen-bond acceptors (Lipinski definition) is 3. The van der Waals surface area contributed by atoms with Crippen LogP contribution in [0.1, 0.15) is 17.3 Å².